The fourth-order valence-corrected chi connectivity index (χ4v) is 4.67. The summed E-state index contributed by atoms with van der Waals surface area (Å²) in [6.07, 6.45) is -5.48. The van der Waals surface area contributed by atoms with Crippen molar-refractivity contribution < 1.29 is 28.2 Å². The molecule has 1 unspecified atom stereocenters. The van der Waals surface area contributed by atoms with Crippen LogP contribution in [-0.2, 0) is 11.0 Å². The number of hydrogen-bond acceptors (Lipinski definition) is 6. The van der Waals surface area contributed by atoms with Crippen LogP contribution in [0.2, 0.25) is 5.02 Å². The van der Waals surface area contributed by atoms with Crippen molar-refractivity contribution in [3.63, 3.8) is 0 Å². The first-order valence-corrected chi connectivity index (χ1v) is 9.10. The van der Waals surface area contributed by atoms with Crippen LogP contribution in [0.25, 0.3) is 0 Å². The molecule has 1 aromatic heterocycles. The molecule has 28 heavy (non-hydrogen) atoms. The number of fused-ring (bicyclic) bond motifs is 1. The first-order valence-electron chi connectivity index (χ1n) is 8.72. The number of nitriles is 1. The average Bonchev–Trinajstić information content (AvgIpc) is 3.01. The average molecular weight is 417 g/mol. The van der Waals surface area contributed by atoms with Crippen LogP contribution in [0.1, 0.15) is 17.5 Å². The van der Waals surface area contributed by atoms with Crippen LogP contribution in [0.5, 0.6) is 0 Å². The van der Waals surface area contributed by atoms with Crippen LogP contribution in [0, 0.1) is 29.1 Å². The summed E-state index contributed by atoms with van der Waals surface area (Å²) in [7, 11) is 0. The zero-order valence-corrected chi connectivity index (χ0v) is 15.2. The SMILES string of the molecule is N#Cc1c(N2CC(O)C2)nc(N2C[C@@H]3C(CC(=O)O)[C@@H]3C2)c(Cl)c1C(F)(F)F. The van der Waals surface area contributed by atoms with Crippen molar-refractivity contribution in [2.24, 2.45) is 17.8 Å². The summed E-state index contributed by atoms with van der Waals surface area (Å²) in [6, 6.07) is 1.57. The van der Waals surface area contributed by atoms with Crippen molar-refractivity contribution in [3.8, 4) is 6.07 Å². The van der Waals surface area contributed by atoms with Crippen LogP contribution in [0.4, 0.5) is 24.8 Å². The summed E-state index contributed by atoms with van der Waals surface area (Å²) in [5, 5.41) is 27.1. The van der Waals surface area contributed by atoms with Crippen molar-refractivity contribution in [1.29, 1.82) is 5.26 Å². The van der Waals surface area contributed by atoms with E-state index in [2.05, 4.69) is 4.98 Å². The summed E-state index contributed by atoms with van der Waals surface area (Å²) in [5.74, 6) is -0.870. The third kappa shape index (κ3) is 3.02. The highest BCUT2D eigenvalue weighted by molar-refractivity contribution is 6.34. The summed E-state index contributed by atoms with van der Waals surface area (Å²) in [6.45, 7) is 0.930. The number of pyridine rings is 1. The molecule has 0 radical (unpaired) electrons. The van der Waals surface area contributed by atoms with Gasteiger partial charge in [-0.05, 0) is 17.8 Å². The number of rotatable bonds is 4. The predicted octanol–water partition coefficient (Wildman–Crippen LogP) is 1.96. The fraction of sp³-hybridized carbons (Fsp3) is 0.588. The van der Waals surface area contributed by atoms with E-state index in [4.69, 9.17) is 16.7 Å². The Morgan fingerprint density at radius 2 is 1.79 bits per heavy atom. The maximum atomic E-state index is 13.7. The van der Waals surface area contributed by atoms with E-state index in [1.165, 1.54) is 4.90 Å². The first-order chi connectivity index (χ1) is 13.1. The summed E-state index contributed by atoms with van der Waals surface area (Å²) < 4.78 is 41.0. The highest BCUT2D eigenvalue weighted by atomic mass is 35.5. The number of halogens is 4. The lowest BCUT2D eigenvalue weighted by Gasteiger charge is -2.38. The van der Waals surface area contributed by atoms with E-state index in [0.29, 0.717) is 13.1 Å². The van der Waals surface area contributed by atoms with Gasteiger partial charge in [0.05, 0.1) is 16.7 Å². The Bertz CT molecular complexity index is 870. The Labute approximate surface area is 162 Å². The number of aliphatic carboxylic acids is 1. The summed E-state index contributed by atoms with van der Waals surface area (Å²) in [5.41, 5.74) is -1.87. The first kappa shape index (κ1) is 19.1. The Balaban J connectivity index is 1.70. The number of aliphatic hydroxyl groups is 1. The normalized spacial score (nSPS) is 26.6. The quantitative estimate of drug-likeness (QED) is 0.773. The molecule has 1 aromatic rings. The third-order valence-electron chi connectivity index (χ3n) is 5.74. The molecule has 2 N–H and O–H groups in total. The molecular weight excluding hydrogens is 401 g/mol. The number of carbonyl (C=O) groups is 1. The van der Waals surface area contributed by atoms with Gasteiger partial charge in [-0.15, -0.1) is 0 Å². The van der Waals surface area contributed by atoms with E-state index in [9.17, 15) is 28.3 Å². The molecule has 0 amide bonds. The predicted molar refractivity (Wildman–Crippen MR) is 92.1 cm³/mol. The van der Waals surface area contributed by atoms with E-state index < -0.39 is 34.4 Å². The van der Waals surface area contributed by atoms with E-state index in [-0.39, 0.29) is 48.9 Å². The number of aromatic nitrogens is 1. The molecule has 0 bridgehead atoms. The Morgan fingerprint density at radius 3 is 2.25 bits per heavy atom. The molecule has 0 aromatic carbocycles. The van der Waals surface area contributed by atoms with Gasteiger partial charge in [-0.3, -0.25) is 4.79 Å². The van der Waals surface area contributed by atoms with Crippen LogP contribution >= 0.6 is 11.6 Å². The van der Waals surface area contributed by atoms with Crippen molar-refractivity contribution in [1.82, 2.24) is 4.98 Å². The van der Waals surface area contributed by atoms with E-state index in [1.54, 1.807) is 11.0 Å². The van der Waals surface area contributed by atoms with Crippen LogP contribution in [0.3, 0.4) is 0 Å². The molecule has 3 fully saturated rings. The van der Waals surface area contributed by atoms with Gasteiger partial charge in [0, 0.05) is 32.6 Å². The number of nitrogens with zero attached hydrogens (tertiary/aromatic N) is 4. The maximum absolute atomic E-state index is 13.7. The van der Waals surface area contributed by atoms with Gasteiger partial charge in [-0.1, -0.05) is 11.6 Å². The summed E-state index contributed by atoms with van der Waals surface area (Å²) in [4.78, 5) is 18.2. The second-order valence-electron chi connectivity index (χ2n) is 7.49. The molecule has 11 heteroatoms. The molecule has 3 aliphatic rings. The lowest BCUT2D eigenvalue weighted by molar-refractivity contribution is -0.138. The molecule has 0 spiro atoms. The number of hydrogen-bond donors (Lipinski definition) is 2. The van der Waals surface area contributed by atoms with Gasteiger partial charge in [0.2, 0.25) is 0 Å². The van der Waals surface area contributed by atoms with E-state index in [0.717, 1.165) is 0 Å². The van der Waals surface area contributed by atoms with Crippen LogP contribution < -0.4 is 9.80 Å². The minimum atomic E-state index is -4.84. The molecule has 2 aliphatic heterocycles. The minimum Gasteiger partial charge on any atom is -0.481 e. The number of aliphatic hydroxyl groups excluding tert-OH is 1. The Morgan fingerprint density at radius 1 is 1.21 bits per heavy atom. The summed E-state index contributed by atoms with van der Waals surface area (Å²) >= 11 is 6.07. The smallest absolute Gasteiger partial charge is 0.419 e. The van der Waals surface area contributed by atoms with Gasteiger partial charge in [-0.25, -0.2) is 4.98 Å². The number of alkyl halides is 3. The number of carboxylic acid groups (broad SMARTS) is 1. The van der Waals surface area contributed by atoms with Gasteiger partial charge in [0.1, 0.15) is 17.5 Å². The van der Waals surface area contributed by atoms with Crippen molar-refractivity contribution in [2.75, 3.05) is 36.0 Å². The molecule has 3 heterocycles. The largest absolute Gasteiger partial charge is 0.481 e. The zero-order chi connectivity index (χ0) is 20.4. The molecule has 1 aliphatic carbocycles. The van der Waals surface area contributed by atoms with Gasteiger partial charge in [0.15, 0.2) is 5.82 Å². The molecule has 3 atom stereocenters. The number of piperidine rings is 1. The van der Waals surface area contributed by atoms with Gasteiger partial charge >= 0.3 is 12.1 Å². The Kier molecular flexibility index (Phi) is 4.35. The van der Waals surface area contributed by atoms with E-state index >= 15 is 0 Å². The van der Waals surface area contributed by atoms with E-state index in [1.807, 2.05) is 0 Å². The lowest BCUT2D eigenvalue weighted by atomic mass is 10.1. The van der Waals surface area contributed by atoms with Gasteiger partial charge in [-0.2, -0.15) is 18.4 Å². The highest BCUT2D eigenvalue weighted by Crippen LogP contribution is 2.55. The topological polar surface area (TPSA) is 101 Å². The third-order valence-corrected chi connectivity index (χ3v) is 6.10. The molecule has 1 saturated carbocycles. The molecule has 2 saturated heterocycles. The van der Waals surface area contributed by atoms with Crippen LogP contribution in [-0.4, -0.2) is 53.4 Å². The zero-order valence-electron chi connectivity index (χ0n) is 14.4. The molecule has 4 rings (SSSR count). The second kappa shape index (κ2) is 6.39. The standard InChI is InChI=1S/C17H16ClF3N4O3/c18-14-13(17(19,20)21)9(2-22)15(24-3-7(26)4-24)23-16(14)25-5-10-8(1-12(27)28)11(10)6-25/h7-8,10-11,26H,1,3-6H2,(H,27,28)/t8?,10-,11+. The van der Waals surface area contributed by atoms with Gasteiger partial charge in [0.25, 0.3) is 0 Å². The molecular formula is C17H16ClF3N4O3. The number of anilines is 2. The molecule has 150 valence electrons. The monoisotopic (exact) mass is 416 g/mol. The van der Waals surface area contributed by atoms with Gasteiger partial charge < -0.3 is 20.0 Å². The maximum Gasteiger partial charge on any atom is 0.419 e. The number of carboxylic acids is 1. The van der Waals surface area contributed by atoms with Crippen molar-refractivity contribution >= 4 is 29.2 Å². The molecule has 7 nitrogen and oxygen atoms in total. The number of β-amino-alcohol motifs (C(OH)–C–C–N with tert-alkyl or cyclic N) is 1. The Hall–Kier alpha value is -2.25. The lowest BCUT2D eigenvalue weighted by Crippen LogP contribution is -2.51. The van der Waals surface area contributed by atoms with Crippen LogP contribution in [0.15, 0.2) is 0 Å². The second-order valence-corrected chi connectivity index (χ2v) is 7.86. The highest BCUT2D eigenvalue weighted by Gasteiger charge is 2.57. The van der Waals surface area contributed by atoms with Crippen molar-refractivity contribution in [2.45, 2.75) is 18.7 Å². The fourth-order valence-electron chi connectivity index (χ4n) is 4.30. The minimum absolute atomic E-state index is 0.0259. The van der Waals surface area contributed by atoms with Crippen molar-refractivity contribution in [3.05, 3.63) is 16.1 Å².